The van der Waals surface area contributed by atoms with Gasteiger partial charge in [0.25, 0.3) is 0 Å². The van der Waals surface area contributed by atoms with Crippen molar-refractivity contribution in [3.63, 3.8) is 0 Å². The van der Waals surface area contributed by atoms with Gasteiger partial charge in [-0.25, -0.2) is 16.8 Å². The molecule has 4 rings (SSSR count). The van der Waals surface area contributed by atoms with Crippen LogP contribution in [0, 0.1) is 19.8 Å². The highest BCUT2D eigenvalue weighted by molar-refractivity contribution is 7.92. The normalized spacial score (nSPS) is 12.7. The molecule has 0 fully saturated rings. The maximum atomic E-state index is 13.6. The molecule has 1 unspecified atom stereocenters. The van der Waals surface area contributed by atoms with Crippen LogP contribution in [0.2, 0.25) is 0 Å². The average molecular weight is 591 g/mol. The van der Waals surface area contributed by atoms with E-state index in [0.717, 1.165) is 11.1 Å². The monoisotopic (exact) mass is 590 g/mol. The van der Waals surface area contributed by atoms with Gasteiger partial charge in [0, 0.05) is 11.1 Å². The predicted molar refractivity (Wildman–Crippen MR) is 156 cm³/mol. The molecule has 1 atom stereocenters. The third kappa shape index (κ3) is 7.24. The number of aliphatic hydroxyl groups excluding tert-OH is 1. The first kappa shape index (κ1) is 30.0. The smallest absolute Gasteiger partial charge is 0.195 e. The van der Waals surface area contributed by atoms with E-state index in [-0.39, 0.29) is 20.9 Å². The molecule has 41 heavy (non-hydrogen) atoms. The summed E-state index contributed by atoms with van der Waals surface area (Å²) in [7, 11) is -8.05. The number of aliphatic hydroxyl groups is 1. The molecule has 0 aliphatic heterocycles. The molecule has 4 aromatic carbocycles. The summed E-state index contributed by atoms with van der Waals surface area (Å²) in [5.41, 5.74) is 2.32. The van der Waals surface area contributed by atoms with E-state index in [4.69, 9.17) is 0 Å². The zero-order valence-corrected chi connectivity index (χ0v) is 24.2. The van der Waals surface area contributed by atoms with Crippen LogP contribution in [0.25, 0.3) is 0 Å². The molecule has 0 saturated heterocycles. The van der Waals surface area contributed by atoms with Crippen molar-refractivity contribution in [1.82, 2.24) is 0 Å². The van der Waals surface area contributed by atoms with Crippen molar-refractivity contribution in [1.29, 1.82) is 0 Å². The molecule has 0 bridgehead atoms. The first-order chi connectivity index (χ1) is 19.4. The molecular weight excluding hydrogens is 560 g/mol. The molecule has 9 heteroatoms. The van der Waals surface area contributed by atoms with Gasteiger partial charge in [0.15, 0.2) is 31.2 Å². The fourth-order valence-corrected chi connectivity index (χ4v) is 7.63. The fraction of sp³-hybridized carbons (Fsp3) is 0.188. The number of ketones is 2. The Morgan fingerprint density at radius 1 is 0.585 bits per heavy atom. The first-order valence-corrected chi connectivity index (χ1v) is 16.2. The van der Waals surface area contributed by atoms with Gasteiger partial charge >= 0.3 is 0 Å². The van der Waals surface area contributed by atoms with E-state index in [1.807, 2.05) is 13.8 Å². The average Bonchev–Trinajstić information content (AvgIpc) is 2.96. The fourth-order valence-electron chi connectivity index (χ4n) is 4.39. The summed E-state index contributed by atoms with van der Waals surface area (Å²) >= 11 is 0. The van der Waals surface area contributed by atoms with E-state index < -0.39 is 54.8 Å². The standard InChI is InChI=1S/C32H30O7S2/c1-22-8-16-28(17-9-22)40(36,37)20-27(21-41(38,39)29-18-10-23(2)11-19-29)30(33)25-12-14-26(15-13-25)32(35)31(34)24-6-4-3-5-7-24/h3-19,27,31,34H,20-21H2,1-2H3. The van der Waals surface area contributed by atoms with Gasteiger partial charge in [-0.1, -0.05) is 90.0 Å². The highest BCUT2D eigenvalue weighted by Gasteiger charge is 2.33. The second kappa shape index (κ2) is 12.3. The summed E-state index contributed by atoms with van der Waals surface area (Å²) in [5.74, 6) is -4.10. The number of carbonyl (C=O) groups excluding carboxylic acids is 2. The Morgan fingerprint density at radius 3 is 1.39 bits per heavy atom. The number of Topliss-reactive ketones (excluding diaryl/α,β-unsaturated/α-hetero) is 2. The van der Waals surface area contributed by atoms with Crippen molar-refractivity contribution in [2.45, 2.75) is 29.7 Å². The number of hydrogen-bond acceptors (Lipinski definition) is 7. The molecule has 4 aromatic rings. The summed E-state index contributed by atoms with van der Waals surface area (Å²) in [6.07, 6.45) is -1.40. The Balaban J connectivity index is 1.64. The van der Waals surface area contributed by atoms with Gasteiger partial charge in [-0.2, -0.15) is 0 Å². The Labute approximate surface area is 240 Å². The van der Waals surface area contributed by atoms with Gasteiger partial charge in [0.05, 0.1) is 27.2 Å². The van der Waals surface area contributed by atoms with Gasteiger partial charge in [-0.05, 0) is 43.7 Å². The van der Waals surface area contributed by atoms with Crippen molar-refractivity contribution in [3.8, 4) is 0 Å². The lowest BCUT2D eigenvalue weighted by Crippen LogP contribution is -2.31. The minimum atomic E-state index is -4.03. The SMILES string of the molecule is Cc1ccc(S(=O)(=O)CC(CS(=O)(=O)c2ccc(C)cc2)C(=O)c2ccc(C(=O)C(O)c3ccccc3)cc2)cc1. The lowest BCUT2D eigenvalue weighted by atomic mass is 9.96. The number of hydrogen-bond donors (Lipinski definition) is 1. The molecule has 0 aromatic heterocycles. The predicted octanol–water partition coefficient (Wildman–Crippen LogP) is 4.97. The highest BCUT2D eigenvalue weighted by atomic mass is 32.2. The van der Waals surface area contributed by atoms with E-state index in [0.29, 0.717) is 5.56 Å². The maximum Gasteiger partial charge on any atom is 0.195 e. The second-order valence-corrected chi connectivity index (χ2v) is 14.1. The van der Waals surface area contributed by atoms with Crippen molar-refractivity contribution < 1.29 is 31.5 Å². The molecule has 0 spiro atoms. The molecule has 0 amide bonds. The quantitative estimate of drug-likeness (QED) is 0.245. The van der Waals surface area contributed by atoms with Gasteiger partial charge in [-0.15, -0.1) is 0 Å². The maximum absolute atomic E-state index is 13.6. The Bertz CT molecular complexity index is 1670. The second-order valence-electron chi connectivity index (χ2n) is 10.0. The van der Waals surface area contributed by atoms with E-state index in [9.17, 15) is 31.5 Å². The molecule has 0 aliphatic rings. The Hall–Kier alpha value is -3.92. The highest BCUT2D eigenvalue weighted by Crippen LogP contribution is 2.24. The third-order valence-corrected chi connectivity index (χ3v) is 10.5. The summed E-state index contributed by atoms with van der Waals surface area (Å²) in [5, 5.41) is 10.5. The molecule has 0 aliphatic carbocycles. The Morgan fingerprint density at radius 2 is 0.976 bits per heavy atom. The van der Waals surface area contributed by atoms with Crippen LogP contribution in [0.3, 0.4) is 0 Å². The molecule has 7 nitrogen and oxygen atoms in total. The van der Waals surface area contributed by atoms with E-state index in [2.05, 4.69) is 0 Å². The summed E-state index contributed by atoms with van der Waals surface area (Å²) in [6.45, 7) is 3.62. The third-order valence-electron chi connectivity index (χ3n) is 6.79. The minimum Gasteiger partial charge on any atom is -0.380 e. The first-order valence-electron chi connectivity index (χ1n) is 12.9. The van der Waals surface area contributed by atoms with Crippen LogP contribution < -0.4 is 0 Å². The number of aryl methyl sites for hydroxylation is 2. The van der Waals surface area contributed by atoms with E-state index in [1.54, 1.807) is 54.6 Å². The van der Waals surface area contributed by atoms with Gasteiger partial charge in [0.1, 0.15) is 6.10 Å². The topological polar surface area (TPSA) is 123 Å². The van der Waals surface area contributed by atoms with Gasteiger partial charge < -0.3 is 5.11 Å². The lowest BCUT2D eigenvalue weighted by molar-refractivity contribution is 0.0747. The number of benzene rings is 4. The number of sulfone groups is 2. The van der Waals surface area contributed by atoms with Crippen LogP contribution in [0.4, 0.5) is 0 Å². The summed E-state index contributed by atoms with van der Waals surface area (Å²) in [6, 6.07) is 26.1. The number of carbonyl (C=O) groups is 2. The largest absolute Gasteiger partial charge is 0.380 e. The molecular formula is C32H30O7S2. The van der Waals surface area contributed by atoms with Crippen molar-refractivity contribution in [3.05, 3.63) is 131 Å². The van der Waals surface area contributed by atoms with Crippen LogP contribution in [0.15, 0.2) is 113 Å². The van der Waals surface area contributed by atoms with Crippen molar-refractivity contribution >= 4 is 31.2 Å². The minimum absolute atomic E-state index is 0.00974. The molecule has 212 valence electrons. The van der Waals surface area contributed by atoms with Crippen LogP contribution in [0.5, 0.6) is 0 Å². The zero-order chi connectivity index (χ0) is 29.8. The lowest BCUT2D eigenvalue weighted by Gasteiger charge is -2.17. The van der Waals surface area contributed by atoms with E-state index >= 15 is 0 Å². The summed E-state index contributed by atoms with van der Waals surface area (Å²) in [4.78, 5) is 26.4. The Kier molecular flexibility index (Phi) is 9.01. The van der Waals surface area contributed by atoms with Crippen LogP contribution in [-0.2, 0) is 19.7 Å². The van der Waals surface area contributed by atoms with Gasteiger partial charge in [0.2, 0.25) is 0 Å². The molecule has 0 heterocycles. The molecule has 0 radical (unpaired) electrons. The van der Waals surface area contributed by atoms with Gasteiger partial charge in [-0.3, -0.25) is 9.59 Å². The zero-order valence-electron chi connectivity index (χ0n) is 22.6. The number of rotatable bonds is 11. The van der Waals surface area contributed by atoms with Crippen LogP contribution >= 0.6 is 0 Å². The van der Waals surface area contributed by atoms with Crippen LogP contribution in [-0.4, -0.2) is 45.0 Å². The molecule has 1 N–H and O–H groups in total. The van der Waals surface area contributed by atoms with Crippen molar-refractivity contribution in [2.75, 3.05) is 11.5 Å². The molecule has 0 saturated carbocycles. The van der Waals surface area contributed by atoms with Crippen LogP contribution in [0.1, 0.15) is 43.5 Å². The van der Waals surface area contributed by atoms with Crippen molar-refractivity contribution in [2.24, 2.45) is 5.92 Å². The van der Waals surface area contributed by atoms with E-state index in [1.165, 1.54) is 48.5 Å². The summed E-state index contributed by atoms with van der Waals surface area (Å²) < 4.78 is 53.2.